The van der Waals surface area contributed by atoms with Crippen molar-refractivity contribution in [2.45, 2.75) is 46.5 Å². The number of imide groups is 1. The number of amides is 3. The Labute approximate surface area is 119 Å². The summed E-state index contributed by atoms with van der Waals surface area (Å²) in [6.45, 7) is 5.63. The van der Waals surface area contributed by atoms with Crippen LogP contribution in [0.5, 0.6) is 0 Å². The maximum absolute atomic E-state index is 11.6. The number of carbonyl (C=O) groups excluding carboxylic acids is 2. The highest BCUT2D eigenvalue weighted by atomic mass is 16.4. The van der Waals surface area contributed by atoms with Crippen molar-refractivity contribution in [1.29, 1.82) is 0 Å². The number of carboxylic acid groups (broad SMARTS) is 1. The van der Waals surface area contributed by atoms with Crippen molar-refractivity contribution in [3.05, 3.63) is 0 Å². The fourth-order valence-corrected chi connectivity index (χ4v) is 2.44. The summed E-state index contributed by atoms with van der Waals surface area (Å²) in [6.07, 6.45) is 3.23. The molecule has 0 aromatic heterocycles. The summed E-state index contributed by atoms with van der Waals surface area (Å²) >= 11 is 0. The van der Waals surface area contributed by atoms with Crippen LogP contribution in [0.3, 0.4) is 0 Å². The van der Waals surface area contributed by atoms with E-state index >= 15 is 0 Å². The molecule has 0 spiro atoms. The van der Waals surface area contributed by atoms with Crippen LogP contribution < -0.4 is 10.6 Å². The Bertz CT molecular complexity index is 393. The topological polar surface area (TPSA) is 95.5 Å². The smallest absolute Gasteiger partial charge is 0.321 e. The van der Waals surface area contributed by atoms with E-state index in [0.29, 0.717) is 18.4 Å². The average molecular weight is 284 g/mol. The summed E-state index contributed by atoms with van der Waals surface area (Å²) < 4.78 is 0. The minimum Gasteiger partial charge on any atom is -0.481 e. The third kappa shape index (κ3) is 4.83. The van der Waals surface area contributed by atoms with Gasteiger partial charge in [-0.3, -0.25) is 14.9 Å². The molecule has 6 nitrogen and oxygen atoms in total. The first-order valence-electron chi connectivity index (χ1n) is 7.03. The maximum Gasteiger partial charge on any atom is 0.321 e. The highest BCUT2D eigenvalue weighted by Gasteiger charge is 2.31. The van der Waals surface area contributed by atoms with E-state index in [1.165, 1.54) is 26.7 Å². The predicted octanol–water partition coefficient (Wildman–Crippen LogP) is 1.75. The Kier molecular flexibility index (Phi) is 5.53. The SMILES string of the molecule is CC1CCCC1CNC(=O)NC(=O)CC(C)(C)C(=O)O. The fraction of sp³-hybridized carbons (Fsp3) is 0.786. The predicted molar refractivity (Wildman–Crippen MR) is 74.1 cm³/mol. The largest absolute Gasteiger partial charge is 0.481 e. The van der Waals surface area contributed by atoms with Crippen LogP contribution in [0, 0.1) is 17.3 Å². The maximum atomic E-state index is 11.6. The third-order valence-corrected chi connectivity index (χ3v) is 4.00. The van der Waals surface area contributed by atoms with E-state index in [1.54, 1.807) is 0 Å². The van der Waals surface area contributed by atoms with E-state index in [4.69, 9.17) is 5.11 Å². The van der Waals surface area contributed by atoms with E-state index in [2.05, 4.69) is 17.6 Å². The Balaban J connectivity index is 2.31. The Hall–Kier alpha value is -1.59. The van der Waals surface area contributed by atoms with Crippen molar-refractivity contribution >= 4 is 17.9 Å². The first-order valence-corrected chi connectivity index (χ1v) is 7.03. The van der Waals surface area contributed by atoms with Crippen LogP contribution in [0.15, 0.2) is 0 Å². The second kappa shape index (κ2) is 6.72. The number of urea groups is 1. The van der Waals surface area contributed by atoms with Gasteiger partial charge in [-0.1, -0.05) is 19.8 Å². The van der Waals surface area contributed by atoms with Crippen LogP contribution in [0.4, 0.5) is 4.79 Å². The lowest BCUT2D eigenvalue weighted by Gasteiger charge is -2.19. The molecule has 1 aliphatic rings. The monoisotopic (exact) mass is 284 g/mol. The minimum atomic E-state index is -1.18. The molecule has 114 valence electrons. The van der Waals surface area contributed by atoms with E-state index < -0.39 is 23.3 Å². The zero-order valence-electron chi connectivity index (χ0n) is 12.4. The van der Waals surface area contributed by atoms with Gasteiger partial charge in [0.25, 0.3) is 0 Å². The highest BCUT2D eigenvalue weighted by molar-refractivity contribution is 5.96. The van der Waals surface area contributed by atoms with Gasteiger partial charge in [0.2, 0.25) is 5.91 Å². The molecule has 1 rings (SSSR count). The van der Waals surface area contributed by atoms with Crippen LogP contribution in [0.1, 0.15) is 46.5 Å². The van der Waals surface area contributed by atoms with Crippen molar-refractivity contribution in [3.8, 4) is 0 Å². The molecular weight excluding hydrogens is 260 g/mol. The molecule has 0 aliphatic heterocycles. The van der Waals surface area contributed by atoms with Gasteiger partial charge in [-0.2, -0.15) is 0 Å². The summed E-state index contributed by atoms with van der Waals surface area (Å²) in [4.78, 5) is 34.1. The van der Waals surface area contributed by atoms with Crippen LogP contribution in [-0.4, -0.2) is 29.6 Å². The zero-order valence-corrected chi connectivity index (χ0v) is 12.4. The van der Waals surface area contributed by atoms with Crippen molar-refractivity contribution < 1.29 is 19.5 Å². The zero-order chi connectivity index (χ0) is 15.3. The van der Waals surface area contributed by atoms with E-state index in [9.17, 15) is 14.4 Å². The molecular formula is C14H24N2O4. The molecule has 2 atom stereocenters. The molecule has 1 aliphatic carbocycles. The molecule has 3 amide bonds. The summed E-state index contributed by atoms with van der Waals surface area (Å²) in [5.74, 6) is -0.578. The third-order valence-electron chi connectivity index (χ3n) is 4.00. The summed E-state index contributed by atoms with van der Waals surface area (Å²) in [5, 5.41) is 13.8. The van der Waals surface area contributed by atoms with Crippen LogP contribution >= 0.6 is 0 Å². The Morgan fingerprint density at radius 2 is 1.90 bits per heavy atom. The average Bonchev–Trinajstić information content (AvgIpc) is 2.71. The molecule has 3 N–H and O–H groups in total. The molecule has 0 radical (unpaired) electrons. The van der Waals surface area contributed by atoms with Gasteiger partial charge in [0, 0.05) is 13.0 Å². The molecule has 20 heavy (non-hydrogen) atoms. The Morgan fingerprint density at radius 3 is 2.40 bits per heavy atom. The van der Waals surface area contributed by atoms with Crippen molar-refractivity contribution in [1.82, 2.24) is 10.6 Å². The Morgan fingerprint density at radius 1 is 1.25 bits per heavy atom. The van der Waals surface area contributed by atoms with Gasteiger partial charge in [-0.15, -0.1) is 0 Å². The van der Waals surface area contributed by atoms with Gasteiger partial charge in [0.05, 0.1) is 5.41 Å². The van der Waals surface area contributed by atoms with Gasteiger partial charge in [0.15, 0.2) is 0 Å². The molecule has 1 saturated carbocycles. The van der Waals surface area contributed by atoms with Crippen LogP contribution in [0.25, 0.3) is 0 Å². The normalized spacial score (nSPS) is 22.4. The molecule has 1 fully saturated rings. The lowest BCUT2D eigenvalue weighted by atomic mass is 9.89. The molecule has 0 bridgehead atoms. The summed E-state index contributed by atoms with van der Waals surface area (Å²) in [7, 11) is 0. The first-order chi connectivity index (χ1) is 9.22. The number of rotatable bonds is 5. The van der Waals surface area contributed by atoms with E-state index in [1.807, 2.05) is 0 Å². The lowest BCUT2D eigenvalue weighted by Crippen LogP contribution is -2.43. The second-order valence-corrected chi connectivity index (χ2v) is 6.29. The molecule has 0 heterocycles. The van der Waals surface area contributed by atoms with Gasteiger partial charge >= 0.3 is 12.0 Å². The first kappa shape index (κ1) is 16.5. The summed E-state index contributed by atoms with van der Waals surface area (Å²) in [6, 6.07) is -0.546. The van der Waals surface area contributed by atoms with E-state index in [0.717, 1.165) is 6.42 Å². The second-order valence-electron chi connectivity index (χ2n) is 6.29. The molecule has 6 heteroatoms. The van der Waals surface area contributed by atoms with Crippen molar-refractivity contribution in [3.63, 3.8) is 0 Å². The molecule has 0 aromatic carbocycles. The number of carbonyl (C=O) groups is 3. The molecule has 0 saturated heterocycles. The van der Waals surface area contributed by atoms with Crippen molar-refractivity contribution in [2.24, 2.45) is 17.3 Å². The number of hydrogen-bond donors (Lipinski definition) is 3. The number of hydrogen-bond acceptors (Lipinski definition) is 3. The highest BCUT2D eigenvalue weighted by Crippen LogP contribution is 2.30. The van der Waals surface area contributed by atoms with Gasteiger partial charge in [-0.05, 0) is 32.1 Å². The van der Waals surface area contributed by atoms with Crippen molar-refractivity contribution in [2.75, 3.05) is 6.54 Å². The molecule has 2 unspecified atom stereocenters. The van der Waals surface area contributed by atoms with Gasteiger partial charge in [-0.25, -0.2) is 4.79 Å². The summed E-state index contributed by atoms with van der Waals surface area (Å²) in [5.41, 5.74) is -1.18. The number of nitrogens with one attached hydrogen (secondary N) is 2. The standard InChI is InChI=1S/C14H24N2O4/c1-9-5-4-6-10(9)8-15-13(20)16-11(17)7-14(2,3)12(18)19/h9-10H,4-8H2,1-3H3,(H,18,19)(H2,15,16,17,20). The van der Waals surface area contributed by atoms with Gasteiger partial charge in [0.1, 0.15) is 0 Å². The minimum absolute atomic E-state index is 0.227. The number of carboxylic acids is 1. The molecule has 0 aromatic rings. The van der Waals surface area contributed by atoms with Gasteiger partial charge < -0.3 is 10.4 Å². The lowest BCUT2D eigenvalue weighted by molar-refractivity contribution is -0.149. The van der Waals surface area contributed by atoms with Crippen LogP contribution in [-0.2, 0) is 9.59 Å². The fourth-order valence-electron chi connectivity index (χ4n) is 2.44. The van der Waals surface area contributed by atoms with Crippen LogP contribution in [0.2, 0.25) is 0 Å². The number of aliphatic carboxylic acids is 1. The van der Waals surface area contributed by atoms with E-state index in [-0.39, 0.29) is 6.42 Å². The quantitative estimate of drug-likeness (QED) is 0.716.